The lowest BCUT2D eigenvalue weighted by atomic mass is 9.90. The van der Waals surface area contributed by atoms with Crippen LogP contribution in [0, 0.1) is 18.7 Å². The normalized spacial score (nSPS) is 15.9. The standard InChI is InChI=1S/C21H25FN2O/c1-16-7-8-20(19(22)13-16)23-21(25)15-24-11-9-18(10-12-24)14-17-5-3-2-4-6-17/h2-8,13,18H,9-12,14-15H2,1H3,(H,23,25). The first-order chi connectivity index (χ1) is 12.1. The molecule has 132 valence electrons. The van der Waals surface area contributed by atoms with Crippen LogP contribution in [0.3, 0.4) is 0 Å². The zero-order valence-electron chi connectivity index (χ0n) is 14.7. The maximum absolute atomic E-state index is 13.8. The van der Waals surface area contributed by atoms with Gasteiger partial charge in [0.05, 0.1) is 12.2 Å². The van der Waals surface area contributed by atoms with Crippen LogP contribution in [0.1, 0.15) is 24.0 Å². The van der Waals surface area contributed by atoms with Crippen molar-refractivity contribution in [2.45, 2.75) is 26.2 Å². The molecule has 1 aliphatic rings. The molecule has 2 aromatic carbocycles. The largest absolute Gasteiger partial charge is 0.322 e. The van der Waals surface area contributed by atoms with Crippen molar-refractivity contribution in [3.05, 3.63) is 65.5 Å². The van der Waals surface area contributed by atoms with Crippen LogP contribution in [-0.2, 0) is 11.2 Å². The number of carbonyl (C=O) groups excluding carboxylic acids is 1. The zero-order valence-corrected chi connectivity index (χ0v) is 14.7. The predicted molar refractivity (Wildman–Crippen MR) is 99.1 cm³/mol. The Morgan fingerprint density at radius 1 is 1.16 bits per heavy atom. The van der Waals surface area contributed by atoms with E-state index in [9.17, 15) is 9.18 Å². The maximum Gasteiger partial charge on any atom is 0.238 e. The van der Waals surface area contributed by atoms with E-state index < -0.39 is 0 Å². The number of benzene rings is 2. The number of aryl methyl sites for hydroxylation is 1. The minimum absolute atomic E-state index is 0.149. The summed E-state index contributed by atoms with van der Waals surface area (Å²) in [6.07, 6.45) is 3.30. The summed E-state index contributed by atoms with van der Waals surface area (Å²) in [5.74, 6) is 0.149. The van der Waals surface area contributed by atoms with E-state index in [1.165, 1.54) is 11.6 Å². The van der Waals surface area contributed by atoms with Crippen LogP contribution in [0.2, 0.25) is 0 Å². The van der Waals surface area contributed by atoms with Gasteiger partial charge in [0.2, 0.25) is 5.91 Å². The number of anilines is 1. The molecule has 2 aromatic rings. The van der Waals surface area contributed by atoms with E-state index in [0.29, 0.717) is 12.5 Å². The Hall–Kier alpha value is -2.20. The highest BCUT2D eigenvalue weighted by molar-refractivity contribution is 5.92. The lowest BCUT2D eigenvalue weighted by Gasteiger charge is -2.31. The summed E-state index contributed by atoms with van der Waals surface area (Å²) in [5, 5.41) is 2.68. The number of nitrogens with one attached hydrogen (secondary N) is 1. The van der Waals surface area contributed by atoms with Gasteiger partial charge in [0, 0.05) is 0 Å². The van der Waals surface area contributed by atoms with Gasteiger partial charge in [-0.1, -0.05) is 36.4 Å². The van der Waals surface area contributed by atoms with E-state index in [1.807, 2.05) is 13.0 Å². The quantitative estimate of drug-likeness (QED) is 0.891. The minimum Gasteiger partial charge on any atom is -0.322 e. The van der Waals surface area contributed by atoms with Gasteiger partial charge in [-0.05, 0) is 68.5 Å². The van der Waals surface area contributed by atoms with Crippen molar-refractivity contribution in [2.75, 3.05) is 25.0 Å². The second-order valence-corrected chi connectivity index (χ2v) is 6.94. The number of hydrogen-bond donors (Lipinski definition) is 1. The van der Waals surface area contributed by atoms with Gasteiger partial charge in [-0.25, -0.2) is 4.39 Å². The molecule has 1 fully saturated rings. The first kappa shape index (κ1) is 17.6. The zero-order chi connectivity index (χ0) is 17.6. The fourth-order valence-corrected chi connectivity index (χ4v) is 3.41. The van der Waals surface area contributed by atoms with Crippen LogP contribution >= 0.6 is 0 Å². The Kier molecular flexibility index (Phi) is 5.82. The Labute approximate surface area is 148 Å². The summed E-state index contributed by atoms with van der Waals surface area (Å²) in [7, 11) is 0. The number of amides is 1. The fraction of sp³-hybridized carbons (Fsp3) is 0.381. The molecule has 25 heavy (non-hydrogen) atoms. The highest BCUT2D eigenvalue weighted by atomic mass is 19.1. The van der Waals surface area contributed by atoms with Crippen molar-refractivity contribution in [1.82, 2.24) is 4.90 Å². The van der Waals surface area contributed by atoms with Gasteiger partial charge in [-0.2, -0.15) is 0 Å². The molecule has 0 bridgehead atoms. The molecule has 0 spiro atoms. The SMILES string of the molecule is Cc1ccc(NC(=O)CN2CCC(Cc3ccccc3)CC2)c(F)c1. The van der Waals surface area contributed by atoms with Crippen molar-refractivity contribution in [3.63, 3.8) is 0 Å². The van der Waals surface area contributed by atoms with Crippen molar-refractivity contribution in [2.24, 2.45) is 5.92 Å². The van der Waals surface area contributed by atoms with E-state index in [1.54, 1.807) is 12.1 Å². The molecule has 0 atom stereocenters. The molecule has 0 unspecified atom stereocenters. The summed E-state index contributed by atoms with van der Waals surface area (Å²) in [6, 6.07) is 15.4. The second kappa shape index (κ2) is 8.26. The number of halogens is 1. The van der Waals surface area contributed by atoms with Gasteiger partial charge in [-0.3, -0.25) is 9.69 Å². The second-order valence-electron chi connectivity index (χ2n) is 6.94. The van der Waals surface area contributed by atoms with Crippen LogP contribution in [-0.4, -0.2) is 30.4 Å². The van der Waals surface area contributed by atoms with Crippen molar-refractivity contribution in [3.8, 4) is 0 Å². The predicted octanol–water partition coefficient (Wildman–Crippen LogP) is 4.03. The number of rotatable bonds is 5. The molecule has 1 N–H and O–H groups in total. The van der Waals surface area contributed by atoms with Gasteiger partial charge in [0.15, 0.2) is 0 Å². The average molecular weight is 340 g/mol. The van der Waals surface area contributed by atoms with Crippen molar-refractivity contribution >= 4 is 11.6 Å². The molecule has 1 saturated heterocycles. The third-order valence-electron chi connectivity index (χ3n) is 4.84. The summed E-state index contributed by atoms with van der Waals surface area (Å²) in [4.78, 5) is 14.3. The molecular weight excluding hydrogens is 315 g/mol. The Balaban J connectivity index is 1.44. The summed E-state index contributed by atoms with van der Waals surface area (Å²) < 4.78 is 13.8. The lowest BCUT2D eigenvalue weighted by Crippen LogP contribution is -2.39. The highest BCUT2D eigenvalue weighted by Gasteiger charge is 2.21. The third-order valence-corrected chi connectivity index (χ3v) is 4.84. The molecule has 3 rings (SSSR count). The van der Waals surface area contributed by atoms with Crippen LogP contribution in [0.25, 0.3) is 0 Å². The smallest absolute Gasteiger partial charge is 0.238 e. The first-order valence-electron chi connectivity index (χ1n) is 8.92. The van der Waals surface area contributed by atoms with Crippen LogP contribution in [0.5, 0.6) is 0 Å². The molecular formula is C21H25FN2O. The number of hydrogen-bond acceptors (Lipinski definition) is 2. The molecule has 0 aliphatic carbocycles. The van der Waals surface area contributed by atoms with Gasteiger partial charge >= 0.3 is 0 Å². The molecule has 0 radical (unpaired) electrons. The molecule has 4 heteroatoms. The van der Waals surface area contributed by atoms with Crippen molar-refractivity contribution in [1.29, 1.82) is 0 Å². The Morgan fingerprint density at radius 3 is 2.56 bits per heavy atom. The topological polar surface area (TPSA) is 32.3 Å². The van der Waals surface area contributed by atoms with Gasteiger partial charge in [0.1, 0.15) is 5.82 Å². The number of likely N-dealkylation sites (tertiary alicyclic amines) is 1. The molecule has 3 nitrogen and oxygen atoms in total. The van der Waals surface area contributed by atoms with E-state index in [-0.39, 0.29) is 17.4 Å². The minimum atomic E-state index is -0.380. The van der Waals surface area contributed by atoms with Crippen molar-refractivity contribution < 1.29 is 9.18 Å². The number of nitrogens with zero attached hydrogens (tertiary/aromatic N) is 1. The number of piperidine rings is 1. The average Bonchev–Trinajstić information content (AvgIpc) is 2.60. The molecule has 1 aliphatic heterocycles. The summed E-state index contributed by atoms with van der Waals surface area (Å²) >= 11 is 0. The summed E-state index contributed by atoms with van der Waals surface area (Å²) in [6.45, 7) is 3.99. The van der Waals surface area contributed by atoms with Crippen LogP contribution < -0.4 is 5.32 Å². The van der Waals surface area contributed by atoms with E-state index in [2.05, 4.69) is 34.5 Å². The molecule has 0 aromatic heterocycles. The molecule has 1 amide bonds. The van der Waals surface area contributed by atoms with Gasteiger partial charge in [0.25, 0.3) is 0 Å². The van der Waals surface area contributed by atoms with E-state index >= 15 is 0 Å². The monoisotopic (exact) mass is 340 g/mol. The Morgan fingerprint density at radius 2 is 1.88 bits per heavy atom. The van der Waals surface area contributed by atoms with Gasteiger partial charge in [-0.15, -0.1) is 0 Å². The van der Waals surface area contributed by atoms with E-state index in [4.69, 9.17) is 0 Å². The van der Waals surface area contributed by atoms with Gasteiger partial charge < -0.3 is 5.32 Å². The highest BCUT2D eigenvalue weighted by Crippen LogP contribution is 2.22. The molecule has 0 saturated carbocycles. The third kappa shape index (κ3) is 5.13. The number of carbonyl (C=O) groups is 1. The van der Waals surface area contributed by atoms with E-state index in [0.717, 1.165) is 37.9 Å². The Bertz CT molecular complexity index is 709. The fourth-order valence-electron chi connectivity index (χ4n) is 3.41. The van der Waals surface area contributed by atoms with Crippen LogP contribution in [0.4, 0.5) is 10.1 Å². The first-order valence-corrected chi connectivity index (χ1v) is 8.92. The maximum atomic E-state index is 13.8. The van der Waals surface area contributed by atoms with Crippen LogP contribution in [0.15, 0.2) is 48.5 Å². The lowest BCUT2D eigenvalue weighted by molar-refractivity contribution is -0.117. The summed E-state index contributed by atoms with van der Waals surface area (Å²) in [5.41, 5.74) is 2.49. The molecule has 1 heterocycles.